The summed E-state index contributed by atoms with van der Waals surface area (Å²) in [5.74, 6) is -0.604. The number of hydrogen-bond donors (Lipinski definition) is 2. The Labute approximate surface area is 222 Å². The van der Waals surface area contributed by atoms with Crippen molar-refractivity contribution in [1.29, 1.82) is 0 Å². The van der Waals surface area contributed by atoms with Gasteiger partial charge in [-0.1, -0.05) is 65.7 Å². The number of hydrogen-bond acceptors (Lipinski definition) is 7. The Balaban J connectivity index is 1.58. The molecule has 0 bridgehead atoms. The number of allylic oxidation sites excluding steroid dienone is 2. The molecule has 0 aliphatic carbocycles. The monoisotopic (exact) mass is 549 g/mol. The summed E-state index contributed by atoms with van der Waals surface area (Å²) in [4.78, 5) is 15.7. The van der Waals surface area contributed by atoms with Crippen molar-refractivity contribution in [1.82, 2.24) is 15.5 Å². The third-order valence-electron chi connectivity index (χ3n) is 6.29. The van der Waals surface area contributed by atoms with E-state index in [4.69, 9.17) is 27.9 Å². The Morgan fingerprint density at radius 3 is 2.64 bits per heavy atom. The fourth-order valence-electron chi connectivity index (χ4n) is 4.39. The summed E-state index contributed by atoms with van der Waals surface area (Å²) in [6.07, 6.45) is -0.729. The van der Waals surface area contributed by atoms with Crippen LogP contribution in [0.15, 0.2) is 70.4 Å². The topological polar surface area (TPSA) is 87.7 Å². The van der Waals surface area contributed by atoms with Gasteiger partial charge < -0.3 is 15.4 Å². The van der Waals surface area contributed by atoms with E-state index in [-0.39, 0.29) is 22.7 Å². The Morgan fingerprint density at radius 2 is 1.89 bits per heavy atom. The third kappa shape index (κ3) is 6.12. The summed E-state index contributed by atoms with van der Waals surface area (Å²) in [6, 6.07) is 15.2. The van der Waals surface area contributed by atoms with E-state index in [1.807, 2.05) is 42.3 Å². The molecule has 0 spiro atoms. The highest BCUT2D eigenvalue weighted by molar-refractivity contribution is 7.95. The first-order valence-electron chi connectivity index (χ1n) is 11.7. The Kier molecular flexibility index (Phi) is 8.42. The van der Waals surface area contributed by atoms with Gasteiger partial charge >= 0.3 is 5.97 Å². The standard InChI is InChI=1S/C26H29Cl2N3O4S/c1-17-20(13-24-22(30-17)14-29-11-12-36(24,33)34)26(32)35-23(19-9-6-10-21(27)25(19)28)16-31(2)15-18-7-4-3-5-8-18/h3-10,23,29-30H,11-16H2,1-2H3. The minimum Gasteiger partial charge on any atom is -0.453 e. The van der Waals surface area contributed by atoms with Crippen molar-refractivity contribution in [3.8, 4) is 0 Å². The summed E-state index contributed by atoms with van der Waals surface area (Å²) in [5.41, 5.74) is 3.15. The molecule has 10 heteroatoms. The van der Waals surface area contributed by atoms with Crippen LogP contribution >= 0.6 is 23.2 Å². The molecule has 2 aromatic rings. The zero-order valence-corrected chi connectivity index (χ0v) is 22.5. The molecule has 2 heterocycles. The molecule has 192 valence electrons. The van der Waals surface area contributed by atoms with E-state index in [1.165, 1.54) is 0 Å². The second kappa shape index (κ2) is 11.4. The van der Waals surface area contributed by atoms with Gasteiger partial charge in [-0.3, -0.25) is 4.90 Å². The van der Waals surface area contributed by atoms with Gasteiger partial charge in [0.25, 0.3) is 0 Å². The van der Waals surface area contributed by atoms with Gasteiger partial charge in [0.1, 0.15) is 6.10 Å². The summed E-state index contributed by atoms with van der Waals surface area (Å²) in [6.45, 7) is 3.51. The lowest BCUT2D eigenvalue weighted by atomic mass is 10.0. The molecule has 2 aliphatic heterocycles. The maximum Gasteiger partial charge on any atom is 0.336 e. The first-order valence-corrected chi connectivity index (χ1v) is 14.1. The number of ether oxygens (including phenoxy) is 1. The molecule has 4 rings (SSSR count). The van der Waals surface area contributed by atoms with Crippen LogP contribution in [0.25, 0.3) is 0 Å². The number of likely N-dealkylation sites (N-methyl/N-ethyl adjacent to an activating group) is 1. The Bertz CT molecular complexity index is 1310. The minimum atomic E-state index is -3.49. The van der Waals surface area contributed by atoms with E-state index in [9.17, 15) is 13.2 Å². The average Bonchev–Trinajstić information content (AvgIpc) is 2.97. The van der Waals surface area contributed by atoms with E-state index in [1.54, 1.807) is 25.1 Å². The highest BCUT2D eigenvalue weighted by Gasteiger charge is 2.33. The minimum absolute atomic E-state index is 0.00708. The van der Waals surface area contributed by atoms with Crippen molar-refractivity contribution in [2.75, 3.05) is 32.4 Å². The molecule has 7 nitrogen and oxygen atoms in total. The Morgan fingerprint density at radius 1 is 1.14 bits per heavy atom. The van der Waals surface area contributed by atoms with Crippen molar-refractivity contribution in [2.24, 2.45) is 0 Å². The molecule has 2 aliphatic rings. The molecule has 0 fully saturated rings. The number of nitrogens with one attached hydrogen (secondary N) is 2. The zero-order valence-electron chi connectivity index (χ0n) is 20.2. The van der Waals surface area contributed by atoms with Gasteiger partial charge in [-0.2, -0.15) is 0 Å². The van der Waals surface area contributed by atoms with E-state index < -0.39 is 21.9 Å². The molecule has 0 radical (unpaired) electrons. The van der Waals surface area contributed by atoms with Gasteiger partial charge in [0.15, 0.2) is 9.84 Å². The Hall–Kier alpha value is -2.36. The van der Waals surface area contributed by atoms with Crippen LogP contribution in [0.5, 0.6) is 0 Å². The predicted octanol–water partition coefficient (Wildman–Crippen LogP) is 4.21. The van der Waals surface area contributed by atoms with Crippen molar-refractivity contribution in [2.45, 2.75) is 26.0 Å². The quantitative estimate of drug-likeness (QED) is 0.500. The molecule has 1 unspecified atom stereocenters. The number of benzene rings is 2. The molecular formula is C26H29Cl2N3O4S. The summed E-state index contributed by atoms with van der Waals surface area (Å²) < 4.78 is 31.6. The number of carbonyl (C=O) groups excluding carboxylic acids is 1. The second-order valence-corrected chi connectivity index (χ2v) is 11.9. The predicted molar refractivity (Wildman–Crippen MR) is 142 cm³/mol. The van der Waals surface area contributed by atoms with Crippen LogP contribution in [-0.2, 0) is 25.9 Å². The smallest absolute Gasteiger partial charge is 0.336 e. The molecule has 0 saturated carbocycles. The average molecular weight is 551 g/mol. The number of dihydropyridines is 1. The summed E-state index contributed by atoms with van der Waals surface area (Å²) in [7, 11) is -1.56. The van der Waals surface area contributed by atoms with Crippen LogP contribution in [0.2, 0.25) is 10.0 Å². The molecule has 0 amide bonds. The lowest BCUT2D eigenvalue weighted by Gasteiger charge is -2.28. The molecule has 2 aromatic carbocycles. The SMILES string of the molecule is CC1=C(C(=O)OC(CN(C)Cc2ccccc2)c2cccc(Cl)c2Cl)CC2=C(CNCCS2(=O)=O)N1. The molecular weight excluding hydrogens is 521 g/mol. The van der Waals surface area contributed by atoms with E-state index in [0.29, 0.717) is 53.2 Å². The van der Waals surface area contributed by atoms with Crippen LogP contribution in [0.1, 0.15) is 30.6 Å². The number of carbonyl (C=O) groups is 1. The number of halogens is 2. The van der Waals surface area contributed by atoms with Gasteiger partial charge in [-0.15, -0.1) is 0 Å². The molecule has 0 aromatic heterocycles. The lowest BCUT2D eigenvalue weighted by molar-refractivity contribution is -0.145. The van der Waals surface area contributed by atoms with Gasteiger partial charge in [-0.05, 0) is 25.6 Å². The molecule has 1 atom stereocenters. The van der Waals surface area contributed by atoms with E-state index in [2.05, 4.69) is 10.6 Å². The van der Waals surface area contributed by atoms with Crippen LogP contribution in [-0.4, -0.2) is 51.7 Å². The third-order valence-corrected chi connectivity index (χ3v) is 9.00. The van der Waals surface area contributed by atoms with Crippen LogP contribution in [0.4, 0.5) is 0 Å². The van der Waals surface area contributed by atoms with Gasteiger partial charge in [0, 0.05) is 49.6 Å². The number of sulfone groups is 1. The van der Waals surface area contributed by atoms with Crippen LogP contribution in [0, 0.1) is 0 Å². The fraction of sp³-hybridized carbons (Fsp3) is 0.346. The van der Waals surface area contributed by atoms with Crippen LogP contribution < -0.4 is 10.6 Å². The van der Waals surface area contributed by atoms with E-state index in [0.717, 1.165) is 5.56 Å². The number of esters is 1. The first-order chi connectivity index (χ1) is 17.2. The zero-order chi connectivity index (χ0) is 25.9. The maximum absolute atomic E-state index is 13.5. The van der Waals surface area contributed by atoms with Gasteiger partial charge in [-0.25, -0.2) is 13.2 Å². The number of rotatable bonds is 7. The van der Waals surface area contributed by atoms with Gasteiger partial charge in [0.05, 0.1) is 26.3 Å². The molecule has 0 saturated heterocycles. The first kappa shape index (κ1) is 26.7. The van der Waals surface area contributed by atoms with E-state index >= 15 is 0 Å². The second-order valence-electron chi connectivity index (χ2n) is 9.02. The van der Waals surface area contributed by atoms with Crippen LogP contribution in [0.3, 0.4) is 0 Å². The number of nitrogens with zero attached hydrogens (tertiary/aromatic N) is 1. The highest BCUT2D eigenvalue weighted by atomic mass is 35.5. The van der Waals surface area contributed by atoms with Crippen molar-refractivity contribution < 1.29 is 17.9 Å². The summed E-state index contributed by atoms with van der Waals surface area (Å²) >= 11 is 12.8. The largest absolute Gasteiger partial charge is 0.453 e. The summed E-state index contributed by atoms with van der Waals surface area (Å²) in [5, 5.41) is 6.90. The highest BCUT2D eigenvalue weighted by Crippen LogP contribution is 2.35. The maximum atomic E-state index is 13.5. The molecule has 36 heavy (non-hydrogen) atoms. The fourth-order valence-corrected chi connectivity index (χ4v) is 6.34. The normalized spacial score (nSPS) is 18.4. The molecule has 2 N–H and O–H groups in total. The van der Waals surface area contributed by atoms with Crippen molar-refractivity contribution >= 4 is 39.0 Å². The van der Waals surface area contributed by atoms with Crippen molar-refractivity contribution in [3.63, 3.8) is 0 Å². The lowest BCUT2D eigenvalue weighted by Crippen LogP contribution is -2.32. The van der Waals surface area contributed by atoms with Crippen molar-refractivity contribution in [3.05, 3.63) is 91.6 Å². The van der Waals surface area contributed by atoms with Gasteiger partial charge in [0.2, 0.25) is 0 Å².